The van der Waals surface area contributed by atoms with Crippen LogP contribution < -0.4 is 0 Å². The van der Waals surface area contributed by atoms with E-state index in [-0.39, 0.29) is 11.6 Å². The number of likely N-dealkylation sites (tertiary alicyclic amines) is 1. The number of halogens is 3. The Balaban J connectivity index is 2.01. The van der Waals surface area contributed by atoms with Crippen LogP contribution in [0, 0.1) is 11.6 Å². The molecule has 0 saturated carbocycles. The van der Waals surface area contributed by atoms with Crippen molar-refractivity contribution < 1.29 is 8.78 Å². The summed E-state index contributed by atoms with van der Waals surface area (Å²) in [5.41, 5.74) is 0.473. The summed E-state index contributed by atoms with van der Waals surface area (Å²) in [5, 5.41) is 1.01. The summed E-state index contributed by atoms with van der Waals surface area (Å²) in [7, 11) is 0. The second-order valence-electron chi connectivity index (χ2n) is 4.83. The van der Waals surface area contributed by atoms with E-state index in [1.807, 2.05) is 0 Å². The molecule has 1 aromatic carbocycles. The highest BCUT2D eigenvalue weighted by molar-refractivity contribution is 9.09. The highest BCUT2D eigenvalue weighted by Gasteiger charge is 2.24. The summed E-state index contributed by atoms with van der Waals surface area (Å²) in [6, 6.07) is 4.22. The lowest BCUT2D eigenvalue weighted by Crippen LogP contribution is -2.29. The molecule has 0 aromatic heterocycles. The third kappa shape index (κ3) is 3.51. The number of alkyl halides is 1. The zero-order valence-electron chi connectivity index (χ0n) is 10.3. The molecule has 0 amide bonds. The van der Waals surface area contributed by atoms with E-state index in [1.165, 1.54) is 24.6 Å². The molecule has 18 heavy (non-hydrogen) atoms. The fourth-order valence-corrected chi connectivity index (χ4v) is 2.95. The largest absolute Gasteiger partial charge is 0.296 e. The van der Waals surface area contributed by atoms with Gasteiger partial charge < -0.3 is 0 Å². The number of hydrogen-bond acceptors (Lipinski definition) is 1. The maximum absolute atomic E-state index is 13.6. The summed E-state index contributed by atoms with van der Waals surface area (Å²) < 4.78 is 26.7. The van der Waals surface area contributed by atoms with Gasteiger partial charge in [0, 0.05) is 23.5 Å². The molecule has 1 unspecified atom stereocenters. The first kappa shape index (κ1) is 13.9. The van der Waals surface area contributed by atoms with Crippen LogP contribution in [-0.4, -0.2) is 22.8 Å². The molecule has 4 heteroatoms. The first-order chi connectivity index (χ1) is 8.70. The Hall–Kier alpha value is -0.480. The van der Waals surface area contributed by atoms with Gasteiger partial charge in [-0.05, 0) is 50.4 Å². The van der Waals surface area contributed by atoms with Gasteiger partial charge in [-0.3, -0.25) is 4.90 Å². The van der Waals surface area contributed by atoms with Crippen molar-refractivity contribution in [1.29, 1.82) is 0 Å². The zero-order chi connectivity index (χ0) is 13.0. The molecule has 2 rings (SSSR count). The quantitative estimate of drug-likeness (QED) is 0.739. The van der Waals surface area contributed by atoms with Gasteiger partial charge in [-0.15, -0.1) is 0 Å². The molecule has 1 aliphatic heterocycles. The molecule has 1 aromatic rings. The van der Waals surface area contributed by atoms with Gasteiger partial charge in [-0.25, -0.2) is 8.78 Å². The number of nitrogens with zero attached hydrogens (tertiary/aromatic N) is 1. The molecule has 1 saturated heterocycles. The summed E-state index contributed by atoms with van der Waals surface area (Å²) >= 11 is 3.44. The predicted octanol–water partition coefficient (Wildman–Crippen LogP) is 4.10. The van der Waals surface area contributed by atoms with Crippen LogP contribution in [-0.2, 0) is 6.54 Å². The third-order valence-corrected chi connectivity index (χ3v) is 4.11. The van der Waals surface area contributed by atoms with E-state index in [4.69, 9.17) is 0 Å². The molecule has 0 radical (unpaired) electrons. The molecule has 1 atom stereocenters. The lowest BCUT2D eigenvalue weighted by Gasteiger charge is -2.24. The Kier molecular flexibility index (Phi) is 5.13. The van der Waals surface area contributed by atoms with E-state index < -0.39 is 0 Å². The molecule has 0 bridgehead atoms. The minimum atomic E-state index is -0.359. The van der Waals surface area contributed by atoms with Crippen molar-refractivity contribution in [3.8, 4) is 0 Å². The van der Waals surface area contributed by atoms with Gasteiger partial charge >= 0.3 is 0 Å². The number of benzene rings is 1. The van der Waals surface area contributed by atoms with Crippen LogP contribution in [0.15, 0.2) is 18.2 Å². The standard InChI is InChI=1S/C14H18BrF2N/c15-7-1-3-13-4-2-8-18(13)10-11-9-12(16)5-6-14(11)17/h5-6,9,13H,1-4,7-8,10H2. The van der Waals surface area contributed by atoms with Crippen LogP contribution >= 0.6 is 15.9 Å². The van der Waals surface area contributed by atoms with Crippen molar-refractivity contribution in [3.63, 3.8) is 0 Å². The molecular formula is C14H18BrF2N. The van der Waals surface area contributed by atoms with E-state index in [9.17, 15) is 8.78 Å². The van der Waals surface area contributed by atoms with Crippen molar-refractivity contribution in [3.05, 3.63) is 35.4 Å². The van der Waals surface area contributed by atoms with Gasteiger partial charge in [-0.2, -0.15) is 0 Å². The second-order valence-corrected chi connectivity index (χ2v) is 5.63. The second kappa shape index (κ2) is 6.62. The average molecular weight is 318 g/mol. The van der Waals surface area contributed by atoms with E-state index in [1.54, 1.807) is 0 Å². The summed E-state index contributed by atoms with van der Waals surface area (Å²) in [6.07, 6.45) is 4.59. The van der Waals surface area contributed by atoms with Crippen molar-refractivity contribution in [2.24, 2.45) is 0 Å². The van der Waals surface area contributed by atoms with Crippen molar-refractivity contribution in [1.82, 2.24) is 4.90 Å². The van der Waals surface area contributed by atoms with Crippen LogP contribution in [0.5, 0.6) is 0 Å². The maximum atomic E-state index is 13.6. The summed E-state index contributed by atoms with van der Waals surface area (Å²) in [5.74, 6) is -0.662. The third-order valence-electron chi connectivity index (χ3n) is 3.55. The van der Waals surface area contributed by atoms with Crippen LogP contribution in [0.4, 0.5) is 8.78 Å². The van der Waals surface area contributed by atoms with Gasteiger partial charge in [0.2, 0.25) is 0 Å². The van der Waals surface area contributed by atoms with Gasteiger partial charge in [0.15, 0.2) is 0 Å². The Morgan fingerprint density at radius 3 is 2.94 bits per heavy atom. The molecule has 1 nitrogen and oxygen atoms in total. The van der Waals surface area contributed by atoms with Gasteiger partial charge in [0.25, 0.3) is 0 Å². The Morgan fingerprint density at radius 2 is 2.17 bits per heavy atom. The molecule has 0 aliphatic carbocycles. The molecule has 1 fully saturated rings. The molecule has 0 N–H and O–H groups in total. The molecular weight excluding hydrogens is 300 g/mol. The van der Waals surface area contributed by atoms with Crippen LogP contribution in [0.1, 0.15) is 31.2 Å². The normalized spacial score (nSPS) is 20.5. The molecule has 0 spiro atoms. The highest BCUT2D eigenvalue weighted by atomic mass is 79.9. The van der Waals surface area contributed by atoms with Crippen molar-refractivity contribution in [2.45, 2.75) is 38.3 Å². The minimum Gasteiger partial charge on any atom is -0.296 e. The fourth-order valence-electron chi connectivity index (χ4n) is 2.63. The van der Waals surface area contributed by atoms with E-state index in [0.717, 1.165) is 31.1 Å². The Bertz CT molecular complexity index is 397. The predicted molar refractivity (Wildman–Crippen MR) is 72.8 cm³/mol. The maximum Gasteiger partial charge on any atom is 0.127 e. The van der Waals surface area contributed by atoms with Crippen LogP contribution in [0.25, 0.3) is 0 Å². The first-order valence-electron chi connectivity index (χ1n) is 6.44. The van der Waals surface area contributed by atoms with E-state index in [0.29, 0.717) is 18.2 Å². The van der Waals surface area contributed by atoms with Gasteiger partial charge in [0.05, 0.1) is 0 Å². The van der Waals surface area contributed by atoms with Gasteiger partial charge in [0.1, 0.15) is 11.6 Å². The van der Waals surface area contributed by atoms with Crippen LogP contribution in [0.3, 0.4) is 0 Å². The summed E-state index contributed by atoms with van der Waals surface area (Å²) in [4.78, 5) is 2.28. The van der Waals surface area contributed by atoms with E-state index in [2.05, 4.69) is 20.8 Å². The summed E-state index contributed by atoms with van der Waals surface area (Å²) in [6.45, 7) is 1.51. The van der Waals surface area contributed by atoms with E-state index >= 15 is 0 Å². The number of hydrogen-bond donors (Lipinski definition) is 0. The first-order valence-corrected chi connectivity index (χ1v) is 7.57. The topological polar surface area (TPSA) is 3.24 Å². The Labute approximate surface area is 115 Å². The SMILES string of the molecule is Fc1ccc(F)c(CN2CCCC2CCCBr)c1. The number of rotatable bonds is 5. The monoisotopic (exact) mass is 317 g/mol. The fraction of sp³-hybridized carbons (Fsp3) is 0.571. The highest BCUT2D eigenvalue weighted by Crippen LogP contribution is 2.24. The molecule has 1 aliphatic rings. The molecule has 1 heterocycles. The zero-order valence-corrected chi connectivity index (χ0v) is 11.9. The van der Waals surface area contributed by atoms with Crippen molar-refractivity contribution in [2.75, 3.05) is 11.9 Å². The van der Waals surface area contributed by atoms with Gasteiger partial charge in [-0.1, -0.05) is 15.9 Å². The van der Waals surface area contributed by atoms with Crippen molar-refractivity contribution >= 4 is 15.9 Å². The lowest BCUT2D eigenvalue weighted by molar-refractivity contribution is 0.230. The molecule has 100 valence electrons. The average Bonchev–Trinajstić information content (AvgIpc) is 2.79. The van der Waals surface area contributed by atoms with Crippen LogP contribution in [0.2, 0.25) is 0 Å². The smallest absolute Gasteiger partial charge is 0.127 e. The minimum absolute atomic E-state index is 0.303. The Morgan fingerprint density at radius 1 is 1.33 bits per heavy atom. The lowest BCUT2D eigenvalue weighted by atomic mass is 10.1.